The number of benzene rings is 1. The van der Waals surface area contributed by atoms with Crippen molar-refractivity contribution in [1.82, 2.24) is 16.4 Å². The molecule has 0 atom stereocenters. The predicted molar refractivity (Wildman–Crippen MR) is 71.4 cm³/mol. The minimum absolute atomic E-state index is 0.134. The first kappa shape index (κ1) is 16.2. The zero-order valence-corrected chi connectivity index (χ0v) is 12.0. The molecule has 3 N–H and O–H groups in total. The number of carbonyl (C=O) groups excluding carboxylic acids is 2. The van der Waals surface area contributed by atoms with Gasteiger partial charge in [-0.15, -0.1) is 5.53 Å². The molecule has 0 aromatic heterocycles. The van der Waals surface area contributed by atoms with Gasteiger partial charge < -0.3 is 4.74 Å². The quantitative estimate of drug-likeness (QED) is 0.748. The summed E-state index contributed by atoms with van der Waals surface area (Å²) in [6, 6.07) is 3.49. The van der Waals surface area contributed by atoms with Crippen LogP contribution in [-0.4, -0.2) is 17.6 Å². The number of halogens is 2. The number of ether oxygens (including phenoxy) is 1. The zero-order chi connectivity index (χ0) is 15.3. The number of hydrogen-bond donors (Lipinski definition) is 3. The summed E-state index contributed by atoms with van der Waals surface area (Å²) in [4.78, 5) is 22.9. The van der Waals surface area contributed by atoms with Crippen molar-refractivity contribution in [2.45, 2.75) is 26.4 Å². The Bertz CT molecular complexity index is 517. The molecule has 0 aliphatic rings. The van der Waals surface area contributed by atoms with Crippen LogP contribution in [0.4, 0.5) is 9.18 Å². The van der Waals surface area contributed by atoms with Gasteiger partial charge in [-0.05, 0) is 39.0 Å². The van der Waals surface area contributed by atoms with Crippen molar-refractivity contribution >= 4 is 23.6 Å². The minimum Gasteiger partial charge on any atom is -0.443 e. The maximum atomic E-state index is 12.9. The molecule has 20 heavy (non-hydrogen) atoms. The van der Waals surface area contributed by atoms with Crippen molar-refractivity contribution in [3.8, 4) is 0 Å². The van der Waals surface area contributed by atoms with Gasteiger partial charge in [0.25, 0.3) is 5.91 Å². The summed E-state index contributed by atoms with van der Waals surface area (Å²) in [7, 11) is 0. The smallest absolute Gasteiger partial charge is 0.423 e. The summed E-state index contributed by atoms with van der Waals surface area (Å²) < 4.78 is 17.9. The van der Waals surface area contributed by atoms with Gasteiger partial charge in [0.15, 0.2) is 0 Å². The largest absolute Gasteiger partial charge is 0.443 e. The van der Waals surface area contributed by atoms with E-state index in [0.717, 1.165) is 6.07 Å². The monoisotopic (exact) mass is 303 g/mol. The summed E-state index contributed by atoms with van der Waals surface area (Å²) in [5, 5.41) is -0.169. The molecule has 1 aromatic carbocycles. The lowest BCUT2D eigenvalue weighted by molar-refractivity contribution is 0.0484. The predicted octanol–water partition coefficient (Wildman–Crippen LogP) is 2.15. The molecule has 110 valence electrons. The third-order valence-corrected chi connectivity index (χ3v) is 2.21. The Balaban J connectivity index is 2.44. The molecule has 0 spiro atoms. The molecule has 1 rings (SSSR count). The molecule has 0 aliphatic carbocycles. The molecule has 6 nitrogen and oxygen atoms in total. The summed E-state index contributed by atoms with van der Waals surface area (Å²) in [6.07, 6.45) is -0.755. The minimum atomic E-state index is -0.755. The van der Waals surface area contributed by atoms with Gasteiger partial charge in [0.1, 0.15) is 11.4 Å². The average Bonchev–Trinajstić information content (AvgIpc) is 2.30. The van der Waals surface area contributed by atoms with Crippen LogP contribution in [-0.2, 0) is 4.74 Å². The Morgan fingerprint density at radius 2 is 1.90 bits per heavy atom. The van der Waals surface area contributed by atoms with E-state index in [4.69, 9.17) is 16.3 Å². The van der Waals surface area contributed by atoms with Gasteiger partial charge >= 0.3 is 6.09 Å². The van der Waals surface area contributed by atoms with Gasteiger partial charge in [0.2, 0.25) is 0 Å². The molecule has 8 heteroatoms. The van der Waals surface area contributed by atoms with Crippen LogP contribution in [0.2, 0.25) is 5.02 Å². The first-order valence-corrected chi connectivity index (χ1v) is 6.06. The summed E-state index contributed by atoms with van der Waals surface area (Å²) in [5.41, 5.74) is 5.96. The van der Waals surface area contributed by atoms with Crippen LogP contribution in [0.5, 0.6) is 0 Å². The Kier molecular flexibility index (Phi) is 5.29. The molecule has 0 heterocycles. The Hall–Kier alpha value is -1.86. The van der Waals surface area contributed by atoms with E-state index in [1.54, 1.807) is 20.8 Å². The standard InChI is InChI=1S/C12H15ClFN3O3/c1-12(2,3)20-11(19)16-17-15-10(18)7-4-5-9(14)8(13)6-7/h4-6,17H,1-3H3,(H,15,18)(H,16,19). The lowest BCUT2D eigenvalue weighted by Gasteiger charge is -2.19. The first-order chi connectivity index (χ1) is 9.19. The Labute approximate surface area is 120 Å². The number of amides is 2. The summed E-state index contributed by atoms with van der Waals surface area (Å²) in [6.45, 7) is 5.10. The average molecular weight is 304 g/mol. The molecule has 0 saturated heterocycles. The van der Waals surface area contributed by atoms with Gasteiger partial charge in [0, 0.05) is 5.56 Å². The van der Waals surface area contributed by atoms with Crippen molar-refractivity contribution in [3.63, 3.8) is 0 Å². The van der Waals surface area contributed by atoms with Gasteiger partial charge in [-0.2, -0.15) is 0 Å². The molecule has 1 aromatic rings. The van der Waals surface area contributed by atoms with Crippen LogP contribution in [0, 0.1) is 5.82 Å². The van der Waals surface area contributed by atoms with Gasteiger partial charge in [0.05, 0.1) is 5.02 Å². The van der Waals surface area contributed by atoms with Gasteiger partial charge in [-0.3, -0.25) is 10.2 Å². The van der Waals surface area contributed by atoms with E-state index in [2.05, 4.69) is 16.4 Å². The van der Waals surface area contributed by atoms with E-state index in [9.17, 15) is 14.0 Å². The van der Waals surface area contributed by atoms with Crippen molar-refractivity contribution in [1.29, 1.82) is 0 Å². The molecular weight excluding hydrogens is 289 g/mol. The second-order valence-electron chi connectivity index (χ2n) is 4.83. The maximum Gasteiger partial charge on any atom is 0.423 e. The third kappa shape index (κ3) is 5.41. The van der Waals surface area contributed by atoms with Crippen molar-refractivity contribution in [2.24, 2.45) is 0 Å². The highest BCUT2D eigenvalue weighted by Gasteiger charge is 2.16. The lowest BCUT2D eigenvalue weighted by atomic mass is 10.2. The Morgan fingerprint density at radius 1 is 1.25 bits per heavy atom. The molecule has 0 unspecified atom stereocenters. The number of hydrogen-bond acceptors (Lipinski definition) is 4. The molecular formula is C12H15ClFN3O3. The topological polar surface area (TPSA) is 79.5 Å². The fourth-order valence-electron chi connectivity index (χ4n) is 1.15. The molecule has 0 bridgehead atoms. The highest BCUT2D eigenvalue weighted by Crippen LogP contribution is 2.15. The SMILES string of the molecule is CC(C)(C)OC(=O)NNNC(=O)c1ccc(F)c(Cl)c1. The van der Waals surface area contributed by atoms with E-state index in [1.807, 2.05) is 0 Å². The second kappa shape index (κ2) is 6.53. The molecule has 0 aliphatic heterocycles. The van der Waals surface area contributed by atoms with Crippen molar-refractivity contribution < 1.29 is 18.7 Å². The van der Waals surface area contributed by atoms with Crippen LogP contribution in [0.3, 0.4) is 0 Å². The number of nitrogens with one attached hydrogen (secondary N) is 3. The molecule has 0 saturated carbocycles. The molecule has 0 radical (unpaired) electrons. The van der Waals surface area contributed by atoms with Gasteiger partial charge in [-0.1, -0.05) is 11.6 Å². The van der Waals surface area contributed by atoms with Crippen molar-refractivity contribution in [3.05, 3.63) is 34.6 Å². The summed E-state index contributed by atoms with van der Waals surface area (Å²) in [5.74, 6) is -1.22. The first-order valence-electron chi connectivity index (χ1n) is 5.68. The fraction of sp³-hybridized carbons (Fsp3) is 0.333. The van der Waals surface area contributed by atoms with Crippen LogP contribution >= 0.6 is 11.6 Å². The highest BCUT2D eigenvalue weighted by atomic mass is 35.5. The lowest BCUT2D eigenvalue weighted by Crippen LogP contribution is -2.50. The number of rotatable bonds is 3. The molecule has 2 amide bonds. The second-order valence-corrected chi connectivity index (χ2v) is 5.24. The Morgan fingerprint density at radius 3 is 2.45 bits per heavy atom. The van der Waals surface area contributed by atoms with E-state index in [0.29, 0.717) is 0 Å². The molecule has 0 fully saturated rings. The zero-order valence-electron chi connectivity index (χ0n) is 11.2. The summed E-state index contributed by atoms with van der Waals surface area (Å²) >= 11 is 5.55. The normalized spacial score (nSPS) is 10.8. The highest BCUT2D eigenvalue weighted by molar-refractivity contribution is 6.31. The van der Waals surface area contributed by atoms with E-state index >= 15 is 0 Å². The van der Waals surface area contributed by atoms with E-state index in [1.165, 1.54) is 12.1 Å². The number of carbonyl (C=O) groups is 2. The van der Waals surface area contributed by atoms with Gasteiger partial charge in [-0.25, -0.2) is 14.6 Å². The maximum absolute atomic E-state index is 12.9. The van der Waals surface area contributed by atoms with E-state index < -0.39 is 23.4 Å². The van der Waals surface area contributed by atoms with Crippen LogP contribution in [0.1, 0.15) is 31.1 Å². The number of hydrazine groups is 2. The fourth-order valence-corrected chi connectivity index (χ4v) is 1.33. The van der Waals surface area contributed by atoms with Crippen LogP contribution < -0.4 is 16.4 Å². The van der Waals surface area contributed by atoms with Crippen LogP contribution in [0.25, 0.3) is 0 Å². The van der Waals surface area contributed by atoms with E-state index in [-0.39, 0.29) is 10.6 Å². The van der Waals surface area contributed by atoms with Crippen LogP contribution in [0.15, 0.2) is 18.2 Å². The third-order valence-electron chi connectivity index (χ3n) is 1.92. The van der Waals surface area contributed by atoms with Crippen molar-refractivity contribution in [2.75, 3.05) is 0 Å².